The Morgan fingerprint density at radius 1 is 1.18 bits per heavy atom. The molecule has 0 bridgehead atoms. The van der Waals surface area contributed by atoms with Crippen LogP contribution in [0.1, 0.15) is 12.5 Å². The molecular weight excluding hydrogens is 356 g/mol. The van der Waals surface area contributed by atoms with E-state index in [4.69, 9.17) is 14.2 Å². The number of hydrogen-bond donors (Lipinski definition) is 1. The summed E-state index contributed by atoms with van der Waals surface area (Å²) in [4.78, 5) is 12.5. The van der Waals surface area contributed by atoms with Crippen molar-refractivity contribution in [2.24, 2.45) is 0 Å². The van der Waals surface area contributed by atoms with Crippen molar-refractivity contribution in [1.82, 2.24) is 0 Å². The zero-order chi connectivity index (χ0) is 20.1. The van der Waals surface area contributed by atoms with Gasteiger partial charge in [0.15, 0.2) is 11.5 Å². The van der Waals surface area contributed by atoms with Gasteiger partial charge in [0.1, 0.15) is 23.5 Å². The highest BCUT2D eigenvalue weighted by Crippen LogP contribution is 2.38. The fourth-order valence-electron chi connectivity index (χ4n) is 2.82. The first-order valence-corrected chi connectivity index (χ1v) is 8.68. The van der Waals surface area contributed by atoms with Crippen LogP contribution < -0.4 is 19.5 Å². The molecule has 1 unspecified atom stereocenters. The summed E-state index contributed by atoms with van der Waals surface area (Å²) in [7, 11) is 3.15. The molecule has 0 aliphatic carbocycles. The Labute approximate surface area is 163 Å². The molecule has 1 N–H and O–H groups in total. The molecule has 1 aliphatic heterocycles. The average molecular weight is 376 g/mol. The van der Waals surface area contributed by atoms with Crippen LogP contribution in [0.4, 0.5) is 5.69 Å². The molecule has 2 aromatic rings. The zero-order valence-electron chi connectivity index (χ0n) is 15.9. The summed E-state index contributed by atoms with van der Waals surface area (Å²) < 4.78 is 16.4. The van der Waals surface area contributed by atoms with Gasteiger partial charge in [-0.2, -0.15) is 5.26 Å². The number of nitrogens with one attached hydrogen (secondary N) is 1. The van der Waals surface area contributed by atoms with E-state index in [2.05, 4.69) is 5.32 Å². The second-order valence-corrected chi connectivity index (χ2v) is 6.14. The predicted molar refractivity (Wildman–Crippen MR) is 106 cm³/mol. The van der Waals surface area contributed by atoms with Gasteiger partial charge < -0.3 is 19.5 Å². The van der Waals surface area contributed by atoms with Crippen molar-refractivity contribution < 1.29 is 19.0 Å². The van der Waals surface area contributed by atoms with Crippen molar-refractivity contribution in [3.8, 4) is 23.3 Å². The van der Waals surface area contributed by atoms with Crippen LogP contribution in [0.25, 0.3) is 6.08 Å². The lowest BCUT2D eigenvalue weighted by atomic mass is 10.00. The van der Waals surface area contributed by atoms with E-state index < -0.39 is 5.91 Å². The minimum Gasteiger partial charge on any atom is -0.497 e. The number of methoxy groups -OCH3 is 2. The number of carbonyl (C=O) groups excluding carboxylic acids is 1. The summed E-state index contributed by atoms with van der Waals surface area (Å²) in [6.07, 6.45) is 3.11. The molecule has 1 amide bonds. The van der Waals surface area contributed by atoms with E-state index in [-0.39, 0.29) is 11.7 Å². The first-order chi connectivity index (χ1) is 13.5. The van der Waals surface area contributed by atoms with Crippen LogP contribution in [0.2, 0.25) is 0 Å². The van der Waals surface area contributed by atoms with Crippen molar-refractivity contribution in [2.75, 3.05) is 19.5 Å². The van der Waals surface area contributed by atoms with Gasteiger partial charge in [0, 0.05) is 11.3 Å². The van der Waals surface area contributed by atoms with Gasteiger partial charge >= 0.3 is 0 Å². The highest BCUT2D eigenvalue weighted by Gasteiger charge is 2.22. The molecule has 2 aromatic carbocycles. The summed E-state index contributed by atoms with van der Waals surface area (Å²) in [6, 6.07) is 14.4. The fraction of sp³-hybridized carbons (Fsp3) is 0.182. The molecule has 0 radical (unpaired) electrons. The number of ether oxygens (including phenoxy) is 3. The number of anilines is 1. The van der Waals surface area contributed by atoms with Crippen LogP contribution in [0.5, 0.6) is 17.2 Å². The van der Waals surface area contributed by atoms with Crippen LogP contribution in [0.3, 0.4) is 0 Å². The molecule has 28 heavy (non-hydrogen) atoms. The molecule has 0 saturated heterocycles. The normalized spacial score (nSPS) is 15.4. The Bertz CT molecular complexity index is 985. The Balaban J connectivity index is 1.85. The number of carbonyl (C=O) groups is 1. The molecule has 6 heteroatoms. The first kappa shape index (κ1) is 19.1. The lowest BCUT2D eigenvalue weighted by Gasteiger charge is -2.24. The Morgan fingerprint density at radius 3 is 2.57 bits per heavy atom. The zero-order valence-corrected chi connectivity index (χ0v) is 15.9. The number of hydrogen-bond acceptors (Lipinski definition) is 5. The maximum Gasteiger partial charge on any atom is 0.266 e. The van der Waals surface area contributed by atoms with Gasteiger partial charge in [0.2, 0.25) is 0 Å². The smallest absolute Gasteiger partial charge is 0.266 e. The third-order valence-corrected chi connectivity index (χ3v) is 4.34. The largest absolute Gasteiger partial charge is 0.497 e. The van der Waals surface area contributed by atoms with E-state index in [1.54, 1.807) is 44.6 Å². The molecule has 6 nitrogen and oxygen atoms in total. The van der Waals surface area contributed by atoms with Gasteiger partial charge in [-0.3, -0.25) is 4.79 Å². The maximum absolute atomic E-state index is 12.5. The van der Waals surface area contributed by atoms with Crippen LogP contribution in [-0.4, -0.2) is 26.2 Å². The van der Waals surface area contributed by atoms with Gasteiger partial charge in [-0.05, 0) is 55.0 Å². The summed E-state index contributed by atoms with van der Waals surface area (Å²) >= 11 is 0. The monoisotopic (exact) mass is 376 g/mol. The van der Waals surface area contributed by atoms with Crippen molar-refractivity contribution in [3.63, 3.8) is 0 Å². The van der Waals surface area contributed by atoms with Gasteiger partial charge in [0.25, 0.3) is 5.91 Å². The van der Waals surface area contributed by atoms with Crippen molar-refractivity contribution in [2.45, 2.75) is 13.0 Å². The third-order valence-electron chi connectivity index (χ3n) is 4.34. The molecule has 0 spiro atoms. The first-order valence-electron chi connectivity index (χ1n) is 8.68. The minimum absolute atomic E-state index is 0.0103. The van der Waals surface area contributed by atoms with Crippen molar-refractivity contribution in [3.05, 3.63) is 65.3 Å². The fourth-order valence-corrected chi connectivity index (χ4v) is 2.82. The topological polar surface area (TPSA) is 80.6 Å². The molecular formula is C22H20N2O4. The molecule has 1 aliphatic rings. The molecule has 1 heterocycles. The Kier molecular flexibility index (Phi) is 5.66. The summed E-state index contributed by atoms with van der Waals surface area (Å²) in [5.74, 6) is 1.48. The summed E-state index contributed by atoms with van der Waals surface area (Å²) in [5.41, 5.74) is 2.12. The highest BCUT2D eigenvalue weighted by atomic mass is 16.5. The number of amides is 1. The second-order valence-electron chi connectivity index (χ2n) is 6.14. The SMILES string of the molecule is COc1ccc(NC(=O)/C(C#N)=C\C2=Cc3cccc(OC)c3OC2C)cc1. The molecule has 3 rings (SSSR count). The molecule has 142 valence electrons. The van der Waals surface area contributed by atoms with Gasteiger partial charge in [0.05, 0.1) is 14.2 Å². The minimum atomic E-state index is -0.489. The molecule has 1 atom stereocenters. The highest BCUT2D eigenvalue weighted by molar-refractivity contribution is 6.07. The quantitative estimate of drug-likeness (QED) is 0.631. The van der Waals surface area contributed by atoms with Crippen LogP contribution >= 0.6 is 0 Å². The predicted octanol–water partition coefficient (Wildman–Crippen LogP) is 3.96. The lowest BCUT2D eigenvalue weighted by Crippen LogP contribution is -2.20. The van der Waals surface area contributed by atoms with Crippen molar-refractivity contribution >= 4 is 17.7 Å². The average Bonchev–Trinajstić information content (AvgIpc) is 2.72. The van der Waals surface area contributed by atoms with Crippen LogP contribution in [-0.2, 0) is 4.79 Å². The number of rotatable bonds is 5. The number of nitriles is 1. The van der Waals surface area contributed by atoms with Gasteiger partial charge in [-0.25, -0.2) is 0 Å². The van der Waals surface area contributed by atoms with Crippen LogP contribution in [0.15, 0.2) is 59.7 Å². The lowest BCUT2D eigenvalue weighted by molar-refractivity contribution is -0.112. The van der Waals surface area contributed by atoms with E-state index in [1.165, 1.54) is 0 Å². The van der Waals surface area contributed by atoms with E-state index >= 15 is 0 Å². The molecule has 0 aromatic heterocycles. The molecule has 0 saturated carbocycles. The van der Waals surface area contributed by atoms with E-state index in [9.17, 15) is 10.1 Å². The number of nitrogens with zero attached hydrogens (tertiary/aromatic N) is 1. The molecule has 0 fully saturated rings. The number of fused-ring (bicyclic) bond motifs is 1. The third kappa shape index (κ3) is 3.99. The van der Waals surface area contributed by atoms with E-state index in [0.29, 0.717) is 22.9 Å². The maximum atomic E-state index is 12.5. The number of benzene rings is 2. The summed E-state index contributed by atoms with van der Waals surface area (Å²) in [5, 5.41) is 12.2. The van der Waals surface area contributed by atoms with Crippen molar-refractivity contribution in [1.29, 1.82) is 5.26 Å². The van der Waals surface area contributed by atoms with Crippen LogP contribution in [0, 0.1) is 11.3 Å². The van der Waals surface area contributed by atoms with E-state index in [0.717, 1.165) is 11.1 Å². The second kappa shape index (κ2) is 8.31. The van der Waals surface area contributed by atoms with Gasteiger partial charge in [-0.15, -0.1) is 0 Å². The standard InChI is InChI=1S/C22H20N2O4/c1-14-16(11-15-5-4-6-20(27-3)21(15)28-14)12-17(13-23)22(25)24-18-7-9-19(26-2)10-8-18/h4-12,14H,1-3H3,(H,24,25)/b17-12-. The Hall–Kier alpha value is -3.72. The van der Waals surface area contributed by atoms with E-state index in [1.807, 2.05) is 37.3 Å². The Morgan fingerprint density at radius 2 is 1.93 bits per heavy atom. The summed E-state index contributed by atoms with van der Waals surface area (Å²) in [6.45, 7) is 1.86. The number of para-hydroxylation sites is 1. The van der Waals surface area contributed by atoms with Gasteiger partial charge in [-0.1, -0.05) is 12.1 Å².